The van der Waals surface area contributed by atoms with E-state index in [1.807, 2.05) is 18.2 Å². The van der Waals surface area contributed by atoms with Crippen LogP contribution in [-0.2, 0) is 20.4 Å². The molecule has 0 spiro atoms. The van der Waals surface area contributed by atoms with Gasteiger partial charge in [0.25, 0.3) is 0 Å². The average Bonchev–Trinajstić information content (AvgIpc) is 3.20. The van der Waals surface area contributed by atoms with Gasteiger partial charge in [-0.15, -0.1) is 0 Å². The van der Waals surface area contributed by atoms with Crippen LogP contribution in [0.2, 0.25) is 0 Å². The number of sulfone groups is 1. The van der Waals surface area contributed by atoms with Crippen LogP contribution >= 0.6 is 0 Å². The van der Waals surface area contributed by atoms with Gasteiger partial charge in [-0.05, 0) is 56.2 Å². The van der Waals surface area contributed by atoms with Gasteiger partial charge in [0.15, 0.2) is 9.84 Å². The number of hydrogen-bond acceptors (Lipinski definition) is 7. The number of aryl methyl sites for hydroxylation is 2. The van der Waals surface area contributed by atoms with E-state index in [2.05, 4.69) is 35.9 Å². The highest BCUT2D eigenvalue weighted by atomic mass is 32.2. The second-order valence-corrected chi connectivity index (χ2v) is 10.9. The lowest BCUT2D eigenvalue weighted by Crippen LogP contribution is -2.50. The Balaban J connectivity index is 1.38. The standard InChI is InChI=1S/C26H31N3O5S/c1-18-7-5-10-24(19(18)2)28-11-13-29(14-12-28)25(30)17-35(31,32)16-23-20(3)34-26(27-23)21-8-6-9-22(15-21)33-4/h5-10,15H,11-14,16-17H2,1-4H3. The minimum absolute atomic E-state index is 0.315. The van der Waals surface area contributed by atoms with Gasteiger partial charge in [-0.25, -0.2) is 13.4 Å². The first kappa shape index (κ1) is 24.8. The van der Waals surface area contributed by atoms with Crippen molar-refractivity contribution in [3.63, 3.8) is 0 Å². The lowest BCUT2D eigenvalue weighted by atomic mass is 10.1. The number of methoxy groups -OCH3 is 1. The summed E-state index contributed by atoms with van der Waals surface area (Å²) >= 11 is 0. The Morgan fingerprint density at radius 2 is 1.77 bits per heavy atom. The molecule has 1 aliphatic rings. The molecule has 0 bridgehead atoms. The maximum absolute atomic E-state index is 12.9. The van der Waals surface area contributed by atoms with Gasteiger partial charge in [-0.2, -0.15) is 0 Å². The fourth-order valence-electron chi connectivity index (χ4n) is 4.26. The summed E-state index contributed by atoms with van der Waals surface area (Å²) in [5.41, 5.74) is 4.62. The summed E-state index contributed by atoms with van der Waals surface area (Å²) < 4.78 is 36.7. The SMILES string of the molecule is COc1cccc(-c2nc(CS(=O)(=O)CC(=O)N3CCN(c4cccc(C)c4C)CC3)c(C)o2)c1. The molecule has 186 valence electrons. The molecule has 2 heterocycles. The van der Waals surface area contributed by atoms with E-state index in [0.29, 0.717) is 54.8 Å². The molecule has 0 radical (unpaired) electrons. The number of oxazole rings is 1. The van der Waals surface area contributed by atoms with Crippen LogP contribution in [0.5, 0.6) is 5.75 Å². The van der Waals surface area contributed by atoms with Crippen LogP contribution in [0.25, 0.3) is 11.5 Å². The number of piperazine rings is 1. The molecular weight excluding hydrogens is 466 g/mol. The Hall–Kier alpha value is -3.33. The van der Waals surface area contributed by atoms with Crippen LogP contribution in [0.15, 0.2) is 46.9 Å². The maximum Gasteiger partial charge on any atom is 0.237 e. The first-order chi connectivity index (χ1) is 16.7. The predicted octanol–water partition coefficient (Wildman–Crippen LogP) is 3.54. The molecular formula is C26H31N3O5S. The highest BCUT2D eigenvalue weighted by molar-refractivity contribution is 7.91. The number of hydrogen-bond donors (Lipinski definition) is 0. The molecule has 0 unspecified atom stereocenters. The second kappa shape index (κ2) is 10.1. The van der Waals surface area contributed by atoms with E-state index >= 15 is 0 Å². The molecule has 1 amide bonds. The van der Waals surface area contributed by atoms with Crippen molar-refractivity contribution < 1.29 is 22.4 Å². The highest BCUT2D eigenvalue weighted by Gasteiger charge is 2.28. The summed E-state index contributed by atoms with van der Waals surface area (Å²) in [5.74, 6) is 0.120. The molecule has 1 aromatic heterocycles. The third-order valence-electron chi connectivity index (χ3n) is 6.46. The Kier molecular flexibility index (Phi) is 7.16. The van der Waals surface area contributed by atoms with E-state index in [-0.39, 0.29) is 11.7 Å². The Labute approximate surface area is 206 Å². The van der Waals surface area contributed by atoms with Gasteiger partial charge < -0.3 is 19.0 Å². The van der Waals surface area contributed by atoms with Crippen molar-refractivity contribution >= 4 is 21.4 Å². The molecule has 0 aliphatic carbocycles. The van der Waals surface area contributed by atoms with Crippen LogP contribution in [-0.4, -0.2) is 63.3 Å². The first-order valence-electron chi connectivity index (χ1n) is 11.6. The Bertz CT molecular complexity index is 1320. The van der Waals surface area contributed by atoms with E-state index < -0.39 is 15.6 Å². The second-order valence-electron chi connectivity index (χ2n) is 8.87. The van der Waals surface area contributed by atoms with Crippen molar-refractivity contribution in [3.05, 3.63) is 65.0 Å². The van der Waals surface area contributed by atoms with Gasteiger partial charge in [-0.1, -0.05) is 18.2 Å². The molecule has 2 aromatic carbocycles. The zero-order valence-electron chi connectivity index (χ0n) is 20.6. The van der Waals surface area contributed by atoms with Crippen LogP contribution in [0.4, 0.5) is 5.69 Å². The predicted molar refractivity (Wildman–Crippen MR) is 135 cm³/mol. The van der Waals surface area contributed by atoms with Gasteiger partial charge in [0.2, 0.25) is 11.8 Å². The number of anilines is 1. The van der Waals surface area contributed by atoms with Crippen LogP contribution < -0.4 is 9.64 Å². The zero-order chi connectivity index (χ0) is 25.2. The Morgan fingerprint density at radius 1 is 1.06 bits per heavy atom. The number of amides is 1. The van der Waals surface area contributed by atoms with Gasteiger partial charge in [0.05, 0.1) is 18.6 Å². The third kappa shape index (κ3) is 5.67. The summed E-state index contributed by atoms with van der Waals surface area (Å²) in [4.78, 5) is 21.1. The van der Waals surface area contributed by atoms with Crippen molar-refractivity contribution in [2.45, 2.75) is 26.5 Å². The molecule has 0 atom stereocenters. The van der Waals surface area contributed by atoms with E-state index in [0.717, 1.165) is 5.69 Å². The monoisotopic (exact) mass is 497 g/mol. The third-order valence-corrected chi connectivity index (χ3v) is 7.86. The van der Waals surface area contributed by atoms with Gasteiger partial charge in [0, 0.05) is 37.4 Å². The number of ether oxygens (including phenoxy) is 1. The topological polar surface area (TPSA) is 92.9 Å². The number of nitrogens with zero attached hydrogens (tertiary/aromatic N) is 3. The summed E-state index contributed by atoms with van der Waals surface area (Å²) in [6, 6.07) is 13.4. The summed E-state index contributed by atoms with van der Waals surface area (Å²) in [6.45, 7) is 8.18. The highest BCUT2D eigenvalue weighted by Crippen LogP contribution is 2.27. The first-order valence-corrected chi connectivity index (χ1v) is 13.4. The van der Waals surface area contributed by atoms with Crippen LogP contribution in [0.3, 0.4) is 0 Å². The van der Waals surface area contributed by atoms with Crippen molar-refractivity contribution in [3.8, 4) is 17.2 Å². The maximum atomic E-state index is 12.9. The molecule has 35 heavy (non-hydrogen) atoms. The van der Waals surface area contributed by atoms with Crippen molar-refractivity contribution in [1.82, 2.24) is 9.88 Å². The van der Waals surface area contributed by atoms with Gasteiger partial charge in [-0.3, -0.25) is 4.79 Å². The van der Waals surface area contributed by atoms with E-state index in [1.165, 1.54) is 11.1 Å². The molecule has 3 aromatic rings. The van der Waals surface area contributed by atoms with E-state index in [9.17, 15) is 13.2 Å². The molecule has 8 nitrogen and oxygen atoms in total. The minimum Gasteiger partial charge on any atom is -0.497 e. The molecule has 9 heteroatoms. The molecule has 1 saturated heterocycles. The van der Waals surface area contributed by atoms with Crippen LogP contribution in [0, 0.1) is 20.8 Å². The van der Waals surface area contributed by atoms with E-state index in [1.54, 1.807) is 31.1 Å². The zero-order valence-corrected chi connectivity index (χ0v) is 21.4. The molecule has 1 aliphatic heterocycles. The lowest BCUT2D eigenvalue weighted by Gasteiger charge is -2.37. The number of carbonyl (C=O) groups excluding carboxylic acids is 1. The van der Waals surface area contributed by atoms with Crippen LogP contribution in [0.1, 0.15) is 22.6 Å². The largest absolute Gasteiger partial charge is 0.497 e. The fraction of sp³-hybridized carbons (Fsp3) is 0.385. The quantitative estimate of drug-likeness (QED) is 0.493. The Morgan fingerprint density at radius 3 is 2.49 bits per heavy atom. The summed E-state index contributed by atoms with van der Waals surface area (Å²) in [6.07, 6.45) is 0. The number of rotatable bonds is 7. The smallest absolute Gasteiger partial charge is 0.237 e. The number of benzene rings is 2. The molecule has 0 N–H and O–H groups in total. The summed E-state index contributed by atoms with van der Waals surface area (Å²) in [7, 11) is -2.15. The molecule has 0 saturated carbocycles. The average molecular weight is 498 g/mol. The van der Waals surface area contributed by atoms with Gasteiger partial charge in [0.1, 0.15) is 17.3 Å². The van der Waals surface area contributed by atoms with E-state index in [4.69, 9.17) is 9.15 Å². The van der Waals surface area contributed by atoms with Crippen molar-refractivity contribution in [2.24, 2.45) is 0 Å². The summed E-state index contributed by atoms with van der Waals surface area (Å²) in [5, 5.41) is 0. The fourth-order valence-corrected chi connectivity index (χ4v) is 5.60. The van der Waals surface area contributed by atoms with Crippen molar-refractivity contribution in [1.29, 1.82) is 0 Å². The minimum atomic E-state index is -3.72. The molecule has 4 rings (SSSR count). The molecule has 1 fully saturated rings. The number of carbonyl (C=O) groups is 1. The number of aromatic nitrogens is 1. The van der Waals surface area contributed by atoms with Gasteiger partial charge >= 0.3 is 0 Å². The normalized spacial score (nSPS) is 14.3. The lowest BCUT2D eigenvalue weighted by molar-refractivity contribution is -0.128. The van der Waals surface area contributed by atoms with Crippen molar-refractivity contribution in [2.75, 3.05) is 43.9 Å².